The molecular weight excluding hydrogens is 209 g/mol. The summed E-state index contributed by atoms with van der Waals surface area (Å²) in [5.41, 5.74) is 1.16. The molecule has 0 spiro atoms. The van der Waals surface area contributed by atoms with Gasteiger partial charge in [0.25, 0.3) is 0 Å². The first-order chi connectivity index (χ1) is 7.27. The van der Waals surface area contributed by atoms with Crippen molar-refractivity contribution < 1.29 is 4.39 Å². The fourth-order valence-corrected chi connectivity index (χ4v) is 2.44. The molecule has 1 atom stereocenters. The van der Waals surface area contributed by atoms with Crippen molar-refractivity contribution in [3.8, 4) is 0 Å². The smallest absolute Gasteiger partial charge is 0.123 e. The molecule has 1 unspecified atom stereocenters. The van der Waals surface area contributed by atoms with E-state index < -0.39 is 0 Å². The lowest BCUT2D eigenvalue weighted by atomic mass is 10.1. The molecule has 1 aromatic carbocycles. The van der Waals surface area contributed by atoms with Gasteiger partial charge in [-0.1, -0.05) is 19.1 Å². The van der Waals surface area contributed by atoms with Crippen molar-refractivity contribution in [2.45, 2.75) is 19.4 Å². The lowest BCUT2D eigenvalue weighted by Gasteiger charge is -2.15. The molecule has 0 heterocycles. The number of benzene rings is 1. The Kier molecular flexibility index (Phi) is 5.73. The second-order valence-corrected chi connectivity index (χ2v) is 4.62. The van der Waals surface area contributed by atoms with Gasteiger partial charge in [0.05, 0.1) is 0 Å². The van der Waals surface area contributed by atoms with E-state index in [2.05, 4.69) is 12.2 Å². The maximum Gasteiger partial charge on any atom is 0.123 e. The molecule has 3 heteroatoms. The summed E-state index contributed by atoms with van der Waals surface area (Å²) >= 11 is 1.93. The van der Waals surface area contributed by atoms with Gasteiger partial charge in [-0.15, -0.1) is 0 Å². The van der Waals surface area contributed by atoms with Crippen LogP contribution in [0.1, 0.15) is 24.9 Å². The number of rotatable bonds is 6. The van der Waals surface area contributed by atoms with Crippen LogP contribution in [-0.4, -0.2) is 18.6 Å². The van der Waals surface area contributed by atoms with Gasteiger partial charge < -0.3 is 5.32 Å². The summed E-state index contributed by atoms with van der Waals surface area (Å²) in [7, 11) is 1.94. The summed E-state index contributed by atoms with van der Waals surface area (Å²) in [5, 5.41) is 3.25. The van der Waals surface area contributed by atoms with Crippen molar-refractivity contribution >= 4 is 11.8 Å². The van der Waals surface area contributed by atoms with Gasteiger partial charge in [0.2, 0.25) is 0 Å². The normalized spacial score (nSPS) is 12.7. The van der Waals surface area contributed by atoms with E-state index in [0.29, 0.717) is 6.04 Å². The van der Waals surface area contributed by atoms with Gasteiger partial charge in [-0.2, -0.15) is 11.8 Å². The Balaban J connectivity index is 2.53. The number of hydrogen-bond acceptors (Lipinski definition) is 2. The third-order valence-electron chi connectivity index (χ3n) is 2.25. The quantitative estimate of drug-likeness (QED) is 0.749. The van der Waals surface area contributed by atoms with Crippen LogP contribution in [0.15, 0.2) is 24.3 Å². The van der Waals surface area contributed by atoms with Gasteiger partial charge in [0, 0.05) is 11.8 Å². The fourth-order valence-electron chi connectivity index (χ4n) is 1.39. The van der Waals surface area contributed by atoms with E-state index in [9.17, 15) is 4.39 Å². The lowest BCUT2D eigenvalue weighted by Crippen LogP contribution is -2.18. The summed E-state index contributed by atoms with van der Waals surface area (Å²) in [6, 6.07) is 7.06. The summed E-state index contributed by atoms with van der Waals surface area (Å²) < 4.78 is 12.7. The Labute approximate surface area is 95.5 Å². The zero-order chi connectivity index (χ0) is 11.1. The zero-order valence-corrected chi connectivity index (χ0v) is 10.1. The molecule has 0 saturated carbocycles. The number of nitrogens with one attached hydrogen (secondary N) is 1. The van der Waals surface area contributed by atoms with E-state index >= 15 is 0 Å². The van der Waals surface area contributed by atoms with E-state index in [1.165, 1.54) is 24.3 Å². The van der Waals surface area contributed by atoms with Crippen LogP contribution in [0.4, 0.5) is 4.39 Å². The second kappa shape index (κ2) is 6.85. The molecule has 0 saturated heterocycles. The first kappa shape index (κ1) is 12.5. The topological polar surface area (TPSA) is 12.0 Å². The second-order valence-electron chi connectivity index (χ2n) is 3.47. The minimum absolute atomic E-state index is 0.171. The lowest BCUT2D eigenvalue weighted by molar-refractivity contribution is 0.620. The molecule has 15 heavy (non-hydrogen) atoms. The van der Waals surface area contributed by atoms with Crippen LogP contribution in [-0.2, 0) is 0 Å². The Morgan fingerprint density at radius 2 is 2.00 bits per heavy atom. The Hall–Kier alpha value is -0.540. The van der Waals surface area contributed by atoms with Crippen LogP contribution >= 0.6 is 11.8 Å². The summed E-state index contributed by atoms with van der Waals surface area (Å²) in [6.07, 6.45) is 1.20. The van der Waals surface area contributed by atoms with Gasteiger partial charge in [-0.3, -0.25) is 0 Å². The van der Waals surface area contributed by atoms with Gasteiger partial charge in [0.15, 0.2) is 0 Å². The summed E-state index contributed by atoms with van der Waals surface area (Å²) in [5.74, 6) is 2.05. The standard InChI is InChI=1S/C12H18FNS/c1-3-8-15-9-12(14-2)10-4-6-11(13)7-5-10/h4-7,12,14H,3,8-9H2,1-2H3. The van der Waals surface area contributed by atoms with E-state index in [0.717, 1.165) is 11.3 Å². The highest BCUT2D eigenvalue weighted by molar-refractivity contribution is 7.99. The van der Waals surface area contributed by atoms with Crippen LogP contribution in [0.25, 0.3) is 0 Å². The average molecular weight is 227 g/mol. The van der Waals surface area contributed by atoms with Crippen molar-refractivity contribution in [1.82, 2.24) is 5.32 Å². The molecule has 1 aromatic rings. The maximum absolute atomic E-state index is 12.7. The van der Waals surface area contributed by atoms with Gasteiger partial charge in [-0.05, 0) is 36.9 Å². The maximum atomic E-state index is 12.7. The highest BCUT2D eigenvalue weighted by atomic mass is 32.2. The molecule has 1 nitrogen and oxygen atoms in total. The molecule has 0 amide bonds. The SMILES string of the molecule is CCCSCC(NC)c1ccc(F)cc1. The zero-order valence-electron chi connectivity index (χ0n) is 9.29. The van der Waals surface area contributed by atoms with Crippen LogP contribution in [0.3, 0.4) is 0 Å². The van der Waals surface area contributed by atoms with Crippen molar-refractivity contribution in [2.75, 3.05) is 18.6 Å². The molecule has 0 aliphatic carbocycles. The number of halogens is 1. The van der Waals surface area contributed by atoms with E-state index in [-0.39, 0.29) is 5.82 Å². The minimum Gasteiger partial charge on any atom is -0.312 e. The molecule has 0 bridgehead atoms. The van der Waals surface area contributed by atoms with Crippen molar-refractivity contribution in [1.29, 1.82) is 0 Å². The van der Waals surface area contributed by atoms with Crippen LogP contribution < -0.4 is 5.32 Å². The molecule has 84 valence electrons. The average Bonchev–Trinajstić information content (AvgIpc) is 2.26. The van der Waals surface area contributed by atoms with Crippen LogP contribution in [0.2, 0.25) is 0 Å². The third kappa shape index (κ3) is 4.22. The Morgan fingerprint density at radius 1 is 1.33 bits per heavy atom. The first-order valence-corrected chi connectivity index (χ1v) is 6.44. The highest BCUT2D eigenvalue weighted by Gasteiger charge is 2.08. The molecule has 1 N–H and O–H groups in total. The number of hydrogen-bond donors (Lipinski definition) is 1. The van der Waals surface area contributed by atoms with Crippen molar-refractivity contribution in [2.24, 2.45) is 0 Å². The monoisotopic (exact) mass is 227 g/mol. The summed E-state index contributed by atoms with van der Waals surface area (Å²) in [6.45, 7) is 2.18. The van der Waals surface area contributed by atoms with E-state index in [4.69, 9.17) is 0 Å². The largest absolute Gasteiger partial charge is 0.312 e. The minimum atomic E-state index is -0.171. The van der Waals surface area contributed by atoms with Crippen molar-refractivity contribution in [3.05, 3.63) is 35.6 Å². The van der Waals surface area contributed by atoms with E-state index in [1.54, 1.807) is 0 Å². The van der Waals surface area contributed by atoms with Gasteiger partial charge in [0.1, 0.15) is 5.82 Å². The Morgan fingerprint density at radius 3 is 2.53 bits per heavy atom. The van der Waals surface area contributed by atoms with E-state index in [1.807, 2.05) is 30.9 Å². The van der Waals surface area contributed by atoms with Crippen LogP contribution in [0.5, 0.6) is 0 Å². The molecule has 0 fully saturated rings. The van der Waals surface area contributed by atoms with Gasteiger partial charge >= 0.3 is 0 Å². The predicted octanol–water partition coefficient (Wildman–Crippen LogP) is 3.23. The molecule has 0 aromatic heterocycles. The molecular formula is C12H18FNS. The summed E-state index contributed by atoms with van der Waals surface area (Å²) in [4.78, 5) is 0. The third-order valence-corrected chi connectivity index (χ3v) is 3.52. The highest BCUT2D eigenvalue weighted by Crippen LogP contribution is 2.18. The fraction of sp³-hybridized carbons (Fsp3) is 0.500. The molecule has 0 radical (unpaired) electrons. The van der Waals surface area contributed by atoms with Crippen LogP contribution in [0, 0.1) is 5.82 Å². The van der Waals surface area contributed by atoms with Crippen molar-refractivity contribution in [3.63, 3.8) is 0 Å². The molecule has 0 aliphatic rings. The predicted molar refractivity (Wildman–Crippen MR) is 65.8 cm³/mol. The molecule has 1 rings (SSSR count). The Bertz CT molecular complexity index is 273. The van der Waals surface area contributed by atoms with Gasteiger partial charge in [-0.25, -0.2) is 4.39 Å². The first-order valence-electron chi connectivity index (χ1n) is 5.28. The number of thioether (sulfide) groups is 1. The molecule has 0 aliphatic heterocycles.